The normalized spacial score (nSPS) is 15.0. The second-order valence-electron chi connectivity index (χ2n) is 7.36. The Kier molecular flexibility index (Phi) is 7.05. The topological polar surface area (TPSA) is 29.5 Å². The van der Waals surface area contributed by atoms with Crippen LogP contribution in [0.2, 0.25) is 5.02 Å². The van der Waals surface area contributed by atoms with Crippen molar-refractivity contribution in [1.29, 1.82) is 0 Å². The average molecular weight is 545 g/mol. The quantitative estimate of drug-likeness (QED) is 0.243. The number of thiocarbonyl (C=S) groups is 1. The number of anilines is 1. The zero-order valence-electron chi connectivity index (χ0n) is 17.4. The maximum atomic E-state index is 13.1. The number of hydrogen-bond acceptors (Lipinski definition) is 4. The molecule has 0 N–H and O–H groups in total. The molecule has 162 valence electrons. The van der Waals surface area contributed by atoms with E-state index < -0.39 is 0 Å². The van der Waals surface area contributed by atoms with E-state index in [9.17, 15) is 4.79 Å². The van der Waals surface area contributed by atoms with Gasteiger partial charge >= 0.3 is 0 Å². The molecule has 1 amide bonds. The van der Waals surface area contributed by atoms with Gasteiger partial charge in [-0.3, -0.25) is 9.69 Å². The first-order chi connectivity index (χ1) is 15.3. The number of nitrogens with zero attached hydrogens (tertiary/aromatic N) is 1. The summed E-state index contributed by atoms with van der Waals surface area (Å²) in [6, 6.07) is 19.2. The first-order valence-electron chi connectivity index (χ1n) is 9.84. The van der Waals surface area contributed by atoms with Crippen LogP contribution in [0.15, 0.2) is 70.0 Å². The third-order valence-electron chi connectivity index (χ3n) is 5.14. The highest BCUT2D eigenvalue weighted by atomic mass is 79.9. The average Bonchev–Trinajstić information content (AvgIpc) is 3.03. The van der Waals surface area contributed by atoms with E-state index in [4.69, 9.17) is 28.6 Å². The van der Waals surface area contributed by atoms with Crippen molar-refractivity contribution in [3.8, 4) is 5.75 Å². The molecule has 32 heavy (non-hydrogen) atoms. The van der Waals surface area contributed by atoms with Gasteiger partial charge in [0, 0.05) is 10.6 Å². The predicted octanol–water partition coefficient (Wildman–Crippen LogP) is 7.70. The van der Waals surface area contributed by atoms with Gasteiger partial charge in [-0.2, -0.15) is 0 Å². The van der Waals surface area contributed by atoms with Gasteiger partial charge in [0.25, 0.3) is 5.91 Å². The zero-order chi connectivity index (χ0) is 22.8. The Hall–Kier alpha value is -2.12. The van der Waals surface area contributed by atoms with Gasteiger partial charge in [0.05, 0.1) is 15.1 Å². The summed E-state index contributed by atoms with van der Waals surface area (Å²) in [5.74, 6) is 0.586. The van der Waals surface area contributed by atoms with Crippen LogP contribution < -0.4 is 9.64 Å². The van der Waals surface area contributed by atoms with Crippen molar-refractivity contribution in [2.24, 2.45) is 0 Å². The van der Waals surface area contributed by atoms with E-state index in [-0.39, 0.29) is 5.91 Å². The molecule has 3 aromatic rings. The summed E-state index contributed by atoms with van der Waals surface area (Å²) in [4.78, 5) is 15.2. The Morgan fingerprint density at radius 1 is 1.09 bits per heavy atom. The van der Waals surface area contributed by atoms with Crippen molar-refractivity contribution in [1.82, 2.24) is 0 Å². The van der Waals surface area contributed by atoms with Gasteiger partial charge < -0.3 is 4.74 Å². The number of carbonyl (C=O) groups excluding carboxylic acids is 1. The fourth-order valence-electron chi connectivity index (χ4n) is 3.20. The van der Waals surface area contributed by atoms with Gasteiger partial charge in [0.15, 0.2) is 4.32 Å². The molecule has 3 aromatic carbocycles. The van der Waals surface area contributed by atoms with Gasteiger partial charge in [0.2, 0.25) is 0 Å². The van der Waals surface area contributed by atoms with Crippen LogP contribution in [0.5, 0.6) is 5.75 Å². The van der Waals surface area contributed by atoms with Crippen LogP contribution in [0.1, 0.15) is 22.3 Å². The van der Waals surface area contributed by atoms with Crippen molar-refractivity contribution in [2.75, 3.05) is 4.90 Å². The summed E-state index contributed by atoms with van der Waals surface area (Å²) in [5.41, 5.74) is 4.89. The lowest BCUT2D eigenvalue weighted by molar-refractivity contribution is -0.113. The van der Waals surface area contributed by atoms with Crippen LogP contribution in [0.25, 0.3) is 6.08 Å². The van der Waals surface area contributed by atoms with E-state index >= 15 is 0 Å². The molecule has 0 bridgehead atoms. The van der Waals surface area contributed by atoms with Gasteiger partial charge in [-0.15, -0.1) is 0 Å². The Labute approximate surface area is 210 Å². The summed E-state index contributed by atoms with van der Waals surface area (Å²) >= 11 is 16.6. The van der Waals surface area contributed by atoms with Crippen LogP contribution in [0.4, 0.5) is 5.69 Å². The molecule has 0 radical (unpaired) electrons. The summed E-state index contributed by atoms with van der Waals surface area (Å²) in [5, 5.41) is 0.672. The van der Waals surface area contributed by atoms with E-state index in [0.29, 0.717) is 26.6 Å². The third-order valence-corrected chi connectivity index (χ3v) is 7.43. The lowest BCUT2D eigenvalue weighted by Crippen LogP contribution is -2.27. The van der Waals surface area contributed by atoms with E-state index in [2.05, 4.69) is 15.9 Å². The molecular weight excluding hydrogens is 526 g/mol. The van der Waals surface area contributed by atoms with Crippen molar-refractivity contribution in [3.63, 3.8) is 0 Å². The molecule has 3 nitrogen and oxygen atoms in total. The Bertz CT molecular complexity index is 1260. The lowest BCUT2D eigenvalue weighted by atomic mass is 10.1. The Balaban J connectivity index is 1.51. The highest BCUT2D eigenvalue weighted by Crippen LogP contribution is 2.37. The maximum absolute atomic E-state index is 13.1. The molecule has 1 aliphatic heterocycles. The Morgan fingerprint density at radius 2 is 1.88 bits per heavy atom. The molecule has 7 heteroatoms. The van der Waals surface area contributed by atoms with E-state index in [1.165, 1.54) is 17.3 Å². The summed E-state index contributed by atoms with van der Waals surface area (Å²) in [6.45, 7) is 4.44. The molecule has 1 heterocycles. The number of hydrogen-bond donors (Lipinski definition) is 0. The van der Waals surface area contributed by atoms with Crippen molar-refractivity contribution in [3.05, 3.63) is 97.3 Å². The highest BCUT2D eigenvalue weighted by Gasteiger charge is 2.33. The fourth-order valence-corrected chi connectivity index (χ4v) is 5.20. The van der Waals surface area contributed by atoms with Gasteiger partial charge in [-0.1, -0.05) is 65.9 Å². The molecule has 0 spiro atoms. The maximum Gasteiger partial charge on any atom is 0.270 e. The Morgan fingerprint density at radius 3 is 2.59 bits per heavy atom. The molecule has 1 saturated heterocycles. The van der Waals surface area contributed by atoms with Gasteiger partial charge in [-0.25, -0.2) is 0 Å². The minimum atomic E-state index is -0.113. The minimum Gasteiger partial charge on any atom is -0.488 e. The highest BCUT2D eigenvalue weighted by molar-refractivity contribution is 9.10. The smallest absolute Gasteiger partial charge is 0.270 e. The van der Waals surface area contributed by atoms with Crippen molar-refractivity contribution < 1.29 is 9.53 Å². The molecular formula is C25H19BrClNO2S2. The van der Waals surface area contributed by atoms with Crippen LogP contribution in [-0.4, -0.2) is 10.2 Å². The number of thioether (sulfide) groups is 1. The molecule has 0 atom stereocenters. The summed E-state index contributed by atoms with van der Waals surface area (Å²) in [6.07, 6.45) is 1.85. The standard InChI is InChI=1S/C25H19BrClNO2S2/c1-15-7-9-19(11-16(15)2)28-24(29)23(32-25(28)31)13-17-8-10-22(20(26)12-17)30-14-18-5-3-4-6-21(18)27/h3-13H,14H2,1-2H3/b23-13+. The molecule has 0 aromatic heterocycles. The molecule has 0 unspecified atom stereocenters. The van der Waals surface area contributed by atoms with Crippen LogP contribution >= 0.6 is 51.5 Å². The first kappa shape index (κ1) is 23.1. The SMILES string of the molecule is Cc1ccc(N2C(=O)/C(=C\c3ccc(OCc4ccccc4Cl)c(Br)c3)SC2=S)cc1C. The number of carbonyl (C=O) groups is 1. The van der Waals surface area contributed by atoms with Crippen LogP contribution in [0.3, 0.4) is 0 Å². The number of amides is 1. The first-order valence-corrected chi connectivity index (χ1v) is 12.2. The second kappa shape index (κ2) is 9.79. The number of rotatable bonds is 5. The lowest BCUT2D eigenvalue weighted by Gasteiger charge is -2.16. The van der Waals surface area contributed by atoms with E-state index in [0.717, 1.165) is 26.9 Å². The molecule has 1 aliphatic rings. The van der Waals surface area contributed by atoms with Gasteiger partial charge in [0.1, 0.15) is 12.4 Å². The monoisotopic (exact) mass is 543 g/mol. The van der Waals surface area contributed by atoms with Crippen molar-refractivity contribution >= 4 is 73.5 Å². The number of ether oxygens (including phenoxy) is 1. The molecule has 1 fully saturated rings. The summed E-state index contributed by atoms with van der Waals surface area (Å²) in [7, 11) is 0. The van der Waals surface area contributed by atoms with E-state index in [1.54, 1.807) is 4.90 Å². The van der Waals surface area contributed by atoms with E-state index in [1.807, 2.05) is 80.6 Å². The zero-order valence-corrected chi connectivity index (χ0v) is 21.4. The summed E-state index contributed by atoms with van der Waals surface area (Å²) < 4.78 is 7.23. The minimum absolute atomic E-state index is 0.113. The molecule has 4 rings (SSSR count). The largest absolute Gasteiger partial charge is 0.488 e. The molecule has 0 aliphatic carbocycles. The number of halogens is 2. The fraction of sp³-hybridized carbons (Fsp3) is 0.120. The number of aryl methyl sites for hydroxylation is 2. The molecule has 0 saturated carbocycles. The predicted molar refractivity (Wildman–Crippen MR) is 141 cm³/mol. The second-order valence-corrected chi connectivity index (χ2v) is 10.3. The van der Waals surface area contributed by atoms with Crippen LogP contribution in [0, 0.1) is 13.8 Å². The number of benzene rings is 3. The van der Waals surface area contributed by atoms with Gasteiger partial charge in [-0.05, 0) is 82.9 Å². The van der Waals surface area contributed by atoms with Crippen LogP contribution in [-0.2, 0) is 11.4 Å². The third kappa shape index (κ3) is 4.94. The van der Waals surface area contributed by atoms with Crippen molar-refractivity contribution in [2.45, 2.75) is 20.5 Å².